The van der Waals surface area contributed by atoms with E-state index < -0.39 is 5.97 Å². The SMILES string of the molecule is COC(=O)c1cc(Br)ccc1OCCCCC1CC(=O)c2ccccc2C1=O. The zero-order valence-electron chi connectivity index (χ0n) is 15.6. The van der Waals surface area contributed by atoms with Crippen LogP contribution in [0.2, 0.25) is 0 Å². The largest absolute Gasteiger partial charge is 0.493 e. The van der Waals surface area contributed by atoms with Crippen molar-refractivity contribution in [2.24, 2.45) is 5.92 Å². The normalized spacial score (nSPS) is 15.9. The van der Waals surface area contributed by atoms with Crippen molar-refractivity contribution in [3.05, 3.63) is 63.6 Å². The molecule has 0 bridgehead atoms. The van der Waals surface area contributed by atoms with Crippen LogP contribution in [0.25, 0.3) is 0 Å². The van der Waals surface area contributed by atoms with Crippen molar-refractivity contribution in [1.29, 1.82) is 0 Å². The smallest absolute Gasteiger partial charge is 0.341 e. The molecular weight excluding hydrogens is 424 g/mol. The van der Waals surface area contributed by atoms with Crippen LogP contribution in [0.3, 0.4) is 0 Å². The minimum atomic E-state index is -0.457. The fraction of sp³-hybridized carbons (Fsp3) is 0.318. The number of Topliss-reactive ketones (excluding diaryl/α,β-unsaturated/α-hetero) is 2. The van der Waals surface area contributed by atoms with E-state index in [4.69, 9.17) is 9.47 Å². The van der Waals surface area contributed by atoms with Crippen LogP contribution in [0, 0.1) is 5.92 Å². The first-order valence-electron chi connectivity index (χ1n) is 9.18. The highest BCUT2D eigenvalue weighted by Crippen LogP contribution is 2.29. The third-order valence-electron chi connectivity index (χ3n) is 4.85. The van der Waals surface area contributed by atoms with E-state index in [0.717, 1.165) is 17.3 Å². The van der Waals surface area contributed by atoms with Gasteiger partial charge in [-0.15, -0.1) is 0 Å². The number of hydrogen-bond donors (Lipinski definition) is 0. The van der Waals surface area contributed by atoms with Crippen molar-refractivity contribution >= 4 is 33.5 Å². The third-order valence-corrected chi connectivity index (χ3v) is 5.34. The maximum absolute atomic E-state index is 12.6. The second kappa shape index (κ2) is 9.15. The molecule has 0 saturated carbocycles. The summed E-state index contributed by atoms with van der Waals surface area (Å²) in [4.78, 5) is 36.7. The lowest BCUT2D eigenvalue weighted by Gasteiger charge is -2.22. The maximum Gasteiger partial charge on any atom is 0.341 e. The van der Waals surface area contributed by atoms with Gasteiger partial charge in [-0.25, -0.2) is 4.79 Å². The van der Waals surface area contributed by atoms with E-state index in [0.29, 0.717) is 35.5 Å². The maximum atomic E-state index is 12.6. The highest BCUT2D eigenvalue weighted by atomic mass is 79.9. The molecule has 0 amide bonds. The van der Waals surface area contributed by atoms with Crippen molar-refractivity contribution in [3.8, 4) is 5.75 Å². The van der Waals surface area contributed by atoms with Gasteiger partial charge in [0.05, 0.1) is 13.7 Å². The molecule has 5 nitrogen and oxygen atoms in total. The number of hydrogen-bond acceptors (Lipinski definition) is 5. The fourth-order valence-electron chi connectivity index (χ4n) is 3.39. The van der Waals surface area contributed by atoms with Crippen molar-refractivity contribution in [1.82, 2.24) is 0 Å². The summed E-state index contributed by atoms with van der Waals surface area (Å²) in [6.07, 6.45) is 2.40. The lowest BCUT2D eigenvalue weighted by molar-refractivity contribution is 0.0595. The highest BCUT2D eigenvalue weighted by molar-refractivity contribution is 9.10. The van der Waals surface area contributed by atoms with Gasteiger partial charge in [0.1, 0.15) is 11.3 Å². The van der Waals surface area contributed by atoms with E-state index in [2.05, 4.69) is 15.9 Å². The van der Waals surface area contributed by atoms with Gasteiger partial charge in [0.2, 0.25) is 0 Å². The van der Waals surface area contributed by atoms with Gasteiger partial charge in [-0.1, -0.05) is 40.2 Å². The van der Waals surface area contributed by atoms with Gasteiger partial charge in [0.15, 0.2) is 11.6 Å². The summed E-state index contributed by atoms with van der Waals surface area (Å²) in [5, 5.41) is 0. The number of carbonyl (C=O) groups excluding carboxylic acids is 3. The minimum absolute atomic E-state index is 0.0361. The number of rotatable bonds is 7. The molecule has 3 rings (SSSR count). The minimum Gasteiger partial charge on any atom is -0.493 e. The number of ether oxygens (including phenoxy) is 2. The van der Waals surface area contributed by atoms with Gasteiger partial charge in [0, 0.05) is 27.9 Å². The Kier molecular flexibility index (Phi) is 6.62. The lowest BCUT2D eigenvalue weighted by atomic mass is 9.79. The van der Waals surface area contributed by atoms with Gasteiger partial charge in [-0.2, -0.15) is 0 Å². The number of carbonyl (C=O) groups is 3. The Hall–Kier alpha value is -2.47. The van der Waals surface area contributed by atoms with Gasteiger partial charge in [-0.05, 0) is 37.5 Å². The Morgan fingerprint density at radius 2 is 1.86 bits per heavy atom. The Morgan fingerprint density at radius 3 is 2.61 bits per heavy atom. The van der Waals surface area contributed by atoms with E-state index >= 15 is 0 Å². The first-order chi connectivity index (χ1) is 13.5. The molecular formula is C22H21BrO5. The molecule has 28 heavy (non-hydrogen) atoms. The summed E-state index contributed by atoms with van der Waals surface area (Å²) in [5.41, 5.74) is 1.44. The second-order valence-electron chi connectivity index (χ2n) is 6.71. The van der Waals surface area contributed by atoms with Gasteiger partial charge < -0.3 is 9.47 Å². The molecule has 0 saturated heterocycles. The topological polar surface area (TPSA) is 69.7 Å². The molecule has 0 N–H and O–H groups in total. The van der Waals surface area contributed by atoms with Crippen molar-refractivity contribution < 1.29 is 23.9 Å². The molecule has 0 fully saturated rings. The molecule has 0 aromatic heterocycles. The summed E-state index contributed by atoms with van der Waals surface area (Å²) in [6, 6.07) is 12.2. The van der Waals surface area contributed by atoms with Crippen LogP contribution >= 0.6 is 15.9 Å². The van der Waals surface area contributed by atoms with Gasteiger partial charge >= 0.3 is 5.97 Å². The van der Waals surface area contributed by atoms with E-state index in [1.807, 2.05) is 0 Å². The van der Waals surface area contributed by atoms with Crippen LogP contribution in [-0.2, 0) is 4.74 Å². The Balaban J connectivity index is 1.52. The summed E-state index contributed by atoms with van der Waals surface area (Å²) < 4.78 is 11.3. The van der Waals surface area contributed by atoms with E-state index in [-0.39, 0.29) is 23.9 Å². The second-order valence-corrected chi connectivity index (χ2v) is 7.63. The zero-order valence-corrected chi connectivity index (χ0v) is 17.2. The van der Waals surface area contributed by atoms with E-state index in [9.17, 15) is 14.4 Å². The Bertz CT molecular complexity index is 906. The number of esters is 1. The fourth-order valence-corrected chi connectivity index (χ4v) is 3.75. The predicted molar refractivity (Wildman–Crippen MR) is 108 cm³/mol. The highest BCUT2D eigenvalue weighted by Gasteiger charge is 2.31. The average molecular weight is 445 g/mol. The first-order valence-corrected chi connectivity index (χ1v) is 9.97. The third kappa shape index (κ3) is 4.50. The monoisotopic (exact) mass is 444 g/mol. The standard InChI is InChI=1S/C22H21BrO5/c1-27-22(26)18-13-15(23)9-10-20(18)28-11-5-4-6-14-12-19(24)16-7-2-3-8-17(16)21(14)25/h2-3,7-10,13-14H,4-6,11-12H2,1H3. The summed E-state index contributed by atoms with van der Waals surface area (Å²) in [7, 11) is 1.33. The number of methoxy groups -OCH3 is 1. The average Bonchev–Trinajstić information content (AvgIpc) is 2.71. The summed E-state index contributed by atoms with van der Waals surface area (Å²) in [5.74, 6) is -0.166. The van der Waals surface area contributed by atoms with Crippen molar-refractivity contribution in [3.63, 3.8) is 0 Å². The molecule has 0 radical (unpaired) electrons. The van der Waals surface area contributed by atoms with Crippen LogP contribution in [-0.4, -0.2) is 31.3 Å². The molecule has 1 aliphatic carbocycles. The van der Waals surface area contributed by atoms with Crippen LogP contribution in [0.5, 0.6) is 5.75 Å². The Morgan fingerprint density at radius 1 is 1.11 bits per heavy atom. The number of unbranched alkanes of at least 4 members (excludes halogenated alkanes) is 1. The van der Waals surface area contributed by atoms with Crippen molar-refractivity contribution in [2.45, 2.75) is 25.7 Å². The van der Waals surface area contributed by atoms with Crippen LogP contribution in [0.4, 0.5) is 0 Å². The van der Waals surface area contributed by atoms with Crippen LogP contribution in [0.15, 0.2) is 46.9 Å². The summed E-state index contributed by atoms with van der Waals surface area (Å²) in [6.45, 7) is 0.414. The number of ketones is 2. The molecule has 1 atom stereocenters. The van der Waals surface area contributed by atoms with Crippen LogP contribution < -0.4 is 4.74 Å². The number of fused-ring (bicyclic) bond motifs is 1. The molecule has 2 aromatic carbocycles. The van der Waals surface area contributed by atoms with E-state index in [1.54, 1.807) is 42.5 Å². The molecule has 146 valence electrons. The molecule has 1 aliphatic rings. The predicted octanol–water partition coefficient (Wildman–Crippen LogP) is 4.87. The quantitative estimate of drug-likeness (QED) is 0.449. The number of halogens is 1. The zero-order chi connectivity index (χ0) is 20.1. The lowest BCUT2D eigenvalue weighted by Crippen LogP contribution is -2.26. The van der Waals surface area contributed by atoms with Crippen LogP contribution in [0.1, 0.15) is 56.8 Å². The molecule has 0 spiro atoms. The molecule has 1 unspecified atom stereocenters. The molecule has 2 aromatic rings. The summed E-state index contributed by atoms with van der Waals surface area (Å²) >= 11 is 3.33. The van der Waals surface area contributed by atoms with E-state index in [1.165, 1.54) is 7.11 Å². The molecule has 0 aliphatic heterocycles. The van der Waals surface area contributed by atoms with Gasteiger partial charge in [0.25, 0.3) is 0 Å². The van der Waals surface area contributed by atoms with Crippen molar-refractivity contribution in [2.75, 3.05) is 13.7 Å². The molecule has 6 heteroatoms. The molecule has 0 heterocycles. The first kappa shape index (κ1) is 20.3. The van der Waals surface area contributed by atoms with Gasteiger partial charge in [-0.3, -0.25) is 9.59 Å². The Labute approximate surface area is 172 Å². The number of benzene rings is 2.